The van der Waals surface area contributed by atoms with E-state index < -0.39 is 6.10 Å². The van der Waals surface area contributed by atoms with Crippen LogP contribution in [0.1, 0.15) is 13.3 Å². The second kappa shape index (κ2) is 5.53. The first-order chi connectivity index (χ1) is 6.69. The molecule has 0 radical (unpaired) electrons. The summed E-state index contributed by atoms with van der Waals surface area (Å²) in [6.45, 7) is 3.26. The van der Waals surface area contributed by atoms with E-state index in [1.807, 2.05) is 6.92 Å². The topological polar surface area (TPSA) is 49.8 Å². The molecule has 0 saturated carbocycles. The van der Waals surface area contributed by atoms with Gasteiger partial charge in [0.05, 0.1) is 6.10 Å². The number of aliphatic hydroxyl groups excluding tert-OH is 1. The lowest BCUT2D eigenvalue weighted by Crippen LogP contribution is -2.30. The van der Waals surface area contributed by atoms with Crippen molar-refractivity contribution in [1.29, 1.82) is 0 Å². The predicted octanol–water partition coefficient (Wildman–Crippen LogP) is 0.223. The molecule has 0 bridgehead atoms. The molecule has 1 aliphatic rings. The molecule has 1 amide bonds. The Labute approximate surface area is 88.8 Å². The minimum absolute atomic E-state index is 0.0127. The monoisotopic (exact) mass is 221 g/mol. The van der Waals surface area contributed by atoms with Gasteiger partial charge in [-0.05, 0) is 6.92 Å². The zero-order valence-corrected chi connectivity index (χ0v) is 9.04. The molecule has 82 valence electrons. The molecule has 0 aliphatic carbocycles. The van der Waals surface area contributed by atoms with E-state index in [4.69, 9.17) is 16.3 Å². The van der Waals surface area contributed by atoms with Crippen LogP contribution in [0.4, 0.5) is 0 Å². The fourth-order valence-electron chi connectivity index (χ4n) is 1.58. The number of aliphatic hydroxyl groups is 1. The Morgan fingerprint density at radius 1 is 1.64 bits per heavy atom. The van der Waals surface area contributed by atoms with Gasteiger partial charge in [-0.15, -0.1) is 11.6 Å². The Hall–Kier alpha value is -0.320. The van der Waals surface area contributed by atoms with Crippen LogP contribution in [0.3, 0.4) is 0 Å². The van der Waals surface area contributed by atoms with Gasteiger partial charge in [-0.25, -0.2) is 0 Å². The van der Waals surface area contributed by atoms with Gasteiger partial charge >= 0.3 is 0 Å². The average Bonchev–Trinajstić information content (AvgIpc) is 2.49. The van der Waals surface area contributed by atoms with E-state index in [1.54, 1.807) is 4.90 Å². The standard InChI is InChI=1S/C9H16ClNO3/c1-2-14-8-6-11(5-7(8)12)9(13)3-4-10/h7-8,12H,2-6H2,1H3/t7-,8+/m0/s1. The summed E-state index contributed by atoms with van der Waals surface area (Å²) in [6.07, 6.45) is -0.471. The van der Waals surface area contributed by atoms with Crippen LogP contribution in [0.5, 0.6) is 0 Å². The zero-order valence-electron chi connectivity index (χ0n) is 8.28. The summed E-state index contributed by atoms with van der Waals surface area (Å²) in [6, 6.07) is 0. The number of nitrogens with zero attached hydrogens (tertiary/aromatic N) is 1. The van der Waals surface area contributed by atoms with Crippen molar-refractivity contribution in [3.63, 3.8) is 0 Å². The summed E-state index contributed by atoms with van der Waals surface area (Å²) in [4.78, 5) is 13.0. The molecule has 0 spiro atoms. The third-order valence-corrected chi connectivity index (χ3v) is 2.47. The van der Waals surface area contributed by atoms with E-state index in [-0.39, 0.29) is 12.0 Å². The summed E-state index contributed by atoms with van der Waals surface area (Å²) >= 11 is 5.47. The van der Waals surface area contributed by atoms with E-state index in [0.29, 0.717) is 32.0 Å². The Bertz CT molecular complexity index is 200. The molecule has 1 rings (SSSR count). The summed E-state index contributed by atoms with van der Waals surface area (Å²) in [5.41, 5.74) is 0. The number of carbonyl (C=O) groups excluding carboxylic acids is 1. The highest BCUT2D eigenvalue weighted by molar-refractivity contribution is 6.18. The molecule has 2 atom stereocenters. The molecule has 1 fully saturated rings. The number of β-amino-alcohol motifs (C(OH)–C–C–N with tert-alkyl or cyclic N) is 1. The van der Waals surface area contributed by atoms with E-state index in [1.165, 1.54) is 0 Å². The van der Waals surface area contributed by atoms with Gasteiger partial charge in [0.25, 0.3) is 0 Å². The van der Waals surface area contributed by atoms with Gasteiger partial charge in [-0.3, -0.25) is 4.79 Å². The molecule has 0 aromatic heterocycles. The van der Waals surface area contributed by atoms with Crippen LogP contribution in [0.25, 0.3) is 0 Å². The minimum Gasteiger partial charge on any atom is -0.388 e. The lowest BCUT2D eigenvalue weighted by molar-refractivity contribution is -0.130. The first kappa shape index (κ1) is 11.8. The van der Waals surface area contributed by atoms with Gasteiger partial charge in [0, 0.05) is 32.0 Å². The number of hydrogen-bond acceptors (Lipinski definition) is 3. The van der Waals surface area contributed by atoms with Crippen LogP contribution in [-0.4, -0.2) is 53.7 Å². The molecule has 1 aliphatic heterocycles. The van der Waals surface area contributed by atoms with Crippen molar-refractivity contribution in [3.05, 3.63) is 0 Å². The van der Waals surface area contributed by atoms with Crippen LogP contribution in [0, 0.1) is 0 Å². The molecule has 1 saturated heterocycles. The Morgan fingerprint density at radius 3 is 2.93 bits per heavy atom. The number of rotatable bonds is 4. The number of halogens is 1. The molecule has 5 heteroatoms. The largest absolute Gasteiger partial charge is 0.388 e. The maximum Gasteiger partial charge on any atom is 0.223 e. The molecule has 0 unspecified atom stereocenters. The van der Waals surface area contributed by atoms with E-state index >= 15 is 0 Å². The van der Waals surface area contributed by atoms with Crippen LogP contribution >= 0.6 is 11.6 Å². The smallest absolute Gasteiger partial charge is 0.223 e. The Kier molecular flexibility index (Phi) is 4.65. The highest BCUT2D eigenvalue weighted by Gasteiger charge is 2.33. The van der Waals surface area contributed by atoms with Crippen LogP contribution in [0.15, 0.2) is 0 Å². The predicted molar refractivity (Wildman–Crippen MR) is 53.3 cm³/mol. The van der Waals surface area contributed by atoms with Gasteiger partial charge in [0.15, 0.2) is 0 Å². The van der Waals surface area contributed by atoms with Gasteiger partial charge < -0.3 is 14.7 Å². The van der Waals surface area contributed by atoms with Crippen molar-refractivity contribution in [2.45, 2.75) is 25.6 Å². The van der Waals surface area contributed by atoms with Crippen molar-refractivity contribution in [3.8, 4) is 0 Å². The number of alkyl halides is 1. The molecule has 0 aromatic rings. The third kappa shape index (κ3) is 2.83. The van der Waals surface area contributed by atoms with Crippen LogP contribution in [0.2, 0.25) is 0 Å². The third-order valence-electron chi connectivity index (χ3n) is 2.28. The van der Waals surface area contributed by atoms with Crippen LogP contribution in [-0.2, 0) is 9.53 Å². The van der Waals surface area contributed by atoms with Gasteiger partial charge in [-0.1, -0.05) is 0 Å². The van der Waals surface area contributed by atoms with Crippen molar-refractivity contribution in [2.75, 3.05) is 25.6 Å². The number of carbonyl (C=O) groups is 1. The van der Waals surface area contributed by atoms with Crippen molar-refractivity contribution >= 4 is 17.5 Å². The first-order valence-corrected chi connectivity index (χ1v) is 5.36. The maximum atomic E-state index is 11.4. The van der Waals surface area contributed by atoms with Crippen molar-refractivity contribution < 1.29 is 14.6 Å². The van der Waals surface area contributed by atoms with E-state index in [0.717, 1.165) is 0 Å². The van der Waals surface area contributed by atoms with Gasteiger partial charge in [-0.2, -0.15) is 0 Å². The van der Waals surface area contributed by atoms with E-state index in [9.17, 15) is 9.90 Å². The molecular weight excluding hydrogens is 206 g/mol. The highest BCUT2D eigenvalue weighted by atomic mass is 35.5. The van der Waals surface area contributed by atoms with Crippen LogP contribution < -0.4 is 0 Å². The number of likely N-dealkylation sites (tertiary alicyclic amines) is 1. The summed E-state index contributed by atoms with van der Waals surface area (Å²) in [5, 5.41) is 9.56. The Morgan fingerprint density at radius 2 is 2.36 bits per heavy atom. The molecule has 1 N–H and O–H groups in total. The average molecular weight is 222 g/mol. The van der Waals surface area contributed by atoms with Gasteiger partial charge in [0.2, 0.25) is 5.91 Å². The second-order valence-electron chi connectivity index (χ2n) is 3.30. The second-order valence-corrected chi connectivity index (χ2v) is 3.68. The maximum absolute atomic E-state index is 11.4. The van der Waals surface area contributed by atoms with Crippen molar-refractivity contribution in [2.24, 2.45) is 0 Å². The fraction of sp³-hybridized carbons (Fsp3) is 0.889. The number of hydrogen-bond donors (Lipinski definition) is 1. The van der Waals surface area contributed by atoms with Crippen molar-refractivity contribution in [1.82, 2.24) is 4.90 Å². The lowest BCUT2D eigenvalue weighted by atomic mass is 10.3. The molecule has 4 nitrogen and oxygen atoms in total. The molecule has 1 heterocycles. The fourth-order valence-corrected chi connectivity index (χ4v) is 1.74. The number of ether oxygens (including phenoxy) is 1. The number of amides is 1. The quantitative estimate of drug-likeness (QED) is 0.692. The molecule has 0 aromatic carbocycles. The van der Waals surface area contributed by atoms with Gasteiger partial charge in [0.1, 0.15) is 6.10 Å². The van der Waals surface area contributed by atoms with E-state index in [2.05, 4.69) is 0 Å². The lowest BCUT2D eigenvalue weighted by Gasteiger charge is -2.15. The minimum atomic E-state index is -0.561. The molecular formula is C9H16ClNO3. The Balaban J connectivity index is 2.41. The molecule has 14 heavy (non-hydrogen) atoms. The summed E-state index contributed by atoms with van der Waals surface area (Å²) in [7, 11) is 0. The normalized spacial score (nSPS) is 26.9. The summed E-state index contributed by atoms with van der Waals surface area (Å²) < 4.78 is 5.30. The highest BCUT2D eigenvalue weighted by Crippen LogP contribution is 2.14. The summed E-state index contributed by atoms with van der Waals surface area (Å²) in [5.74, 6) is 0.311. The SMILES string of the molecule is CCO[C@@H]1CN(C(=O)CCCl)C[C@@H]1O. The zero-order chi connectivity index (χ0) is 10.6. The first-order valence-electron chi connectivity index (χ1n) is 4.82.